The molecule has 0 radical (unpaired) electrons. The Morgan fingerprint density at radius 1 is 1.24 bits per heavy atom. The molecule has 1 saturated heterocycles. The predicted octanol–water partition coefficient (Wildman–Crippen LogP) is 2.03. The van der Waals surface area contributed by atoms with Crippen molar-refractivity contribution < 1.29 is 9.90 Å². The number of urea groups is 1. The number of likely N-dealkylation sites (N-methyl/N-ethyl adjacent to an activating group) is 1. The molecule has 2 atom stereocenters. The largest absolute Gasteiger partial charge is 0.392 e. The molecular weight excluding hydrogens is 316 g/mol. The summed E-state index contributed by atoms with van der Waals surface area (Å²) in [4.78, 5) is 17.0. The smallest absolute Gasteiger partial charge is 0.319 e. The van der Waals surface area contributed by atoms with Crippen LogP contribution in [-0.2, 0) is 0 Å². The maximum atomic E-state index is 12.3. The number of aryl methyl sites for hydroxylation is 1. The predicted molar refractivity (Wildman–Crippen MR) is 101 cm³/mol. The quantitative estimate of drug-likeness (QED) is 0.783. The summed E-state index contributed by atoms with van der Waals surface area (Å²) in [6.45, 7) is 10.2. The van der Waals surface area contributed by atoms with Crippen LogP contribution in [0.3, 0.4) is 0 Å². The van der Waals surface area contributed by atoms with Crippen molar-refractivity contribution in [3.05, 3.63) is 23.8 Å². The van der Waals surface area contributed by atoms with Gasteiger partial charge in [-0.25, -0.2) is 4.79 Å². The Bertz CT molecular complexity index is 638. The summed E-state index contributed by atoms with van der Waals surface area (Å²) in [5.41, 5.74) is 2.82. The summed E-state index contributed by atoms with van der Waals surface area (Å²) < 4.78 is 0. The van der Waals surface area contributed by atoms with Crippen LogP contribution < -0.4 is 15.5 Å². The lowest BCUT2D eigenvalue weighted by molar-refractivity contribution is -0.0673. The molecule has 2 amide bonds. The van der Waals surface area contributed by atoms with E-state index in [0.29, 0.717) is 6.42 Å². The van der Waals surface area contributed by atoms with Gasteiger partial charge in [0, 0.05) is 49.0 Å². The number of hydrogen-bond donors (Lipinski definition) is 3. The lowest BCUT2D eigenvalue weighted by Crippen LogP contribution is -2.61. The van der Waals surface area contributed by atoms with Gasteiger partial charge in [0.25, 0.3) is 0 Å². The second kappa shape index (κ2) is 6.84. The molecular formula is C19H30N4O2. The third kappa shape index (κ3) is 3.75. The summed E-state index contributed by atoms with van der Waals surface area (Å²) in [7, 11) is 2.15. The number of aliphatic hydroxyl groups is 1. The van der Waals surface area contributed by atoms with E-state index in [4.69, 9.17) is 0 Å². The van der Waals surface area contributed by atoms with Crippen molar-refractivity contribution in [3.63, 3.8) is 0 Å². The molecule has 1 aliphatic heterocycles. The number of carbonyl (C=O) groups excluding carboxylic acids is 1. The van der Waals surface area contributed by atoms with Crippen molar-refractivity contribution in [1.29, 1.82) is 0 Å². The maximum Gasteiger partial charge on any atom is 0.319 e. The number of nitrogens with zero attached hydrogens (tertiary/aromatic N) is 2. The number of rotatable bonds is 3. The normalized spacial score (nSPS) is 26.0. The average molecular weight is 346 g/mol. The third-order valence-corrected chi connectivity index (χ3v) is 5.85. The maximum absolute atomic E-state index is 12.3. The minimum atomic E-state index is -0.345. The van der Waals surface area contributed by atoms with Gasteiger partial charge in [-0.2, -0.15) is 0 Å². The highest BCUT2D eigenvalue weighted by Crippen LogP contribution is 2.40. The molecule has 0 spiro atoms. The number of piperazine rings is 1. The fraction of sp³-hybridized carbons (Fsp3) is 0.632. The summed E-state index contributed by atoms with van der Waals surface area (Å²) in [5.74, 6) is 0. The van der Waals surface area contributed by atoms with E-state index in [2.05, 4.69) is 39.6 Å². The van der Waals surface area contributed by atoms with Gasteiger partial charge >= 0.3 is 6.03 Å². The van der Waals surface area contributed by atoms with Crippen molar-refractivity contribution in [2.75, 3.05) is 43.4 Å². The van der Waals surface area contributed by atoms with Crippen LogP contribution >= 0.6 is 0 Å². The van der Waals surface area contributed by atoms with Crippen LogP contribution in [0.15, 0.2) is 18.2 Å². The molecule has 2 aliphatic rings. The monoisotopic (exact) mass is 346 g/mol. The van der Waals surface area contributed by atoms with Crippen molar-refractivity contribution in [1.82, 2.24) is 10.2 Å². The summed E-state index contributed by atoms with van der Waals surface area (Å²) in [5, 5.41) is 15.7. The Balaban J connectivity index is 1.59. The number of carbonyl (C=O) groups is 1. The highest BCUT2D eigenvalue weighted by molar-refractivity contribution is 5.90. The van der Waals surface area contributed by atoms with Gasteiger partial charge in [-0.1, -0.05) is 13.8 Å². The summed E-state index contributed by atoms with van der Waals surface area (Å²) in [6.07, 6.45) is 0.268. The Labute approximate surface area is 150 Å². The van der Waals surface area contributed by atoms with Gasteiger partial charge in [0.1, 0.15) is 0 Å². The third-order valence-electron chi connectivity index (χ3n) is 5.85. The molecule has 0 aromatic heterocycles. The van der Waals surface area contributed by atoms with Gasteiger partial charge in [-0.05, 0) is 44.2 Å². The molecule has 6 heteroatoms. The second-order valence-electron chi connectivity index (χ2n) is 8.01. The van der Waals surface area contributed by atoms with E-state index < -0.39 is 0 Å². The van der Waals surface area contributed by atoms with Crippen molar-refractivity contribution >= 4 is 17.4 Å². The van der Waals surface area contributed by atoms with E-state index in [1.807, 2.05) is 26.8 Å². The molecule has 1 heterocycles. The van der Waals surface area contributed by atoms with Gasteiger partial charge in [0.05, 0.1) is 6.10 Å². The van der Waals surface area contributed by atoms with Gasteiger partial charge in [0.2, 0.25) is 0 Å². The number of hydrogen-bond acceptors (Lipinski definition) is 4. The molecule has 2 fully saturated rings. The van der Waals surface area contributed by atoms with E-state index in [9.17, 15) is 9.90 Å². The second-order valence-corrected chi connectivity index (χ2v) is 8.01. The van der Waals surface area contributed by atoms with Crippen molar-refractivity contribution in [2.45, 2.75) is 39.3 Å². The lowest BCUT2D eigenvalue weighted by atomic mass is 9.65. The number of amides is 2. The fourth-order valence-corrected chi connectivity index (χ4v) is 3.51. The zero-order valence-electron chi connectivity index (χ0n) is 15.7. The molecule has 1 saturated carbocycles. The summed E-state index contributed by atoms with van der Waals surface area (Å²) in [6, 6.07) is 5.99. The van der Waals surface area contributed by atoms with Gasteiger partial charge < -0.3 is 25.5 Å². The Kier molecular flexibility index (Phi) is 4.93. The first kappa shape index (κ1) is 18.0. The zero-order chi connectivity index (χ0) is 18.2. The van der Waals surface area contributed by atoms with Crippen LogP contribution in [0.25, 0.3) is 0 Å². The topological polar surface area (TPSA) is 67.8 Å². The zero-order valence-corrected chi connectivity index (χ0v) is 15.7. The Morgan fingerprint density at radius 2 is 1.92 bits per heavy atom. The number of aliphatic hydroxyl groups excluding tert-OH is 1. The highest BCUT2D eigenvalue weighted by Gasteiger charge is 2.47. The van der Waals surface area contributed by atoms with E-state index in [0.717, 1.165) is 37.4 Å². The minimum Gasteiger partial charge on any atom is -0.392 e. The first-order chi connectivity index (χ1) is 11.8. The van der Waals surface area contributed by atoms with E-state index >= 15 is 0 Å². The highest BCUT2D eigenvalue weighted by atomic mass is 16.3. The number of nitrogens with one attached hydrogen (secondary N) is 2. The molecule has 1 aromatic rings. The molecule has 3 N–H and O–H groups in total. The van der Waals surface area contributed by atoms with Gasteiger partial charge in [0.15, 0.2) is 0 Å². The Hall–Kier alpha value is -1.79. The van der Waals surface area contributed by atoms with Gasteiger partial charge in [-0.3, -0.25) is 0 Å². The minimum absolute atomic E-state index is 0.00687. The van der Waals surface area contributed by atoms with Crippen LogP contribution in [-0.4, -0.2) is 61.4 Å². The van der Waals surface area contributed by atoms with Crippen LogP contribution in [0.2, 0.25) is 0 Å². The summed E-state index contributed by atoms with van der Waals surface area (Å²) >= 11 is 0. The standard InChI is InChI=1S/C19H30N4O2/c1-13-11-14(23-9-7-22(4)8-10-23)5-6-15(13)20-18(25)21-16-12-17(24)19(16,2)3/h5-6,11,16-17,24H,7-10,12H2,1-4H3,(H2,20,21,25). The molecule has 6 nitrogen and oxygen atoms in total. The number of benzene rings is 1. The fourth-order valence-electron chi connectivity index (χ4n) is 3.51. The van der Waals surface area contributed by atoms with Crippen LogP contribution in [0.1, 0.15) is 25.8 Å². The van der Waals surface area contributed by atoms with E-state index in [1.54, 1.807) is 0 Å². The first-order valence-corrected chi connectivity index (χ1v) is 9.07. The lowest BCUT2D eigenvalue weighted by Gasteiger charge is -2.49. The van der Waals surface area contributed by atoms with Crippen molar-refractivity contribution in [3.8, 4) is 0 Å². The molecule has 1 aromatic carbocycles. The van der Waals surface area contributed by atoms with Crippen LogP contribution in [0, 0.1) is 12.3 Å². The van der Waals surface area contributed by atoms with Crippen LogP contribution in [0.5, 0.6) is 0 Å². The molecule has 25 heavy (non-hydrogen) atoms. The van der Waals surface area contributed by atoms with Gasteiger partial charge in [-0.15, -0.1) is 0 Å². The van der Waals surface area contributed by atoms with Crippen molar-refractivity contribution in [2.24, 2.45) is 5.41 Å². The molecule has 3 rings (SSSR count). The SMILES string of the molecule is Cc1cc(N2CCN(C)CC2)ccc1NC(=O)NC1CC(O)C1(C)C. The average Bonchev–Trinajstić information content (AvgIpc) is 2.57. The molecule has 0 bridgehead atoms. The molecule has 2 unspecified atom stereocenters. The number of anilines is 2. The van der Waals surface area contributed by atoms with Crippen LogP contribution in [0.4, 0.5) is 16.2 Å². The Morgan fingerprint density at radius 3 is 2.48 bits per heavy atom. The molecule has 1 aliphatic carbocycles. The van der Waals surface area contributed by atoms with E-state index in [1.165, 1.54) is 5.69 Å². The van der Waals surface area contributed by atoms with E-state index in [-0.39, 0.29) is 23.6 Å². The molecule has 138 valence electrons. The first-order valence-electron chi connectivity index (χ1n) is 9.07.